The minimum Gasteiger partial charge on any atom is -0.493 e. The van der Waals surface area contributed by atoms with Crippen LogP contribution in [-0.4, -0.2) is 39.2 Å². The lowest BCUT2D eigenvalue weighted by atomic mass is 9.89. The first-order chi connectivity index (χ1) is 12.6. The number of amides is 1. The van der Waals surface area contributed by atoms with Crippen molar-refractivity contribution in [3.8, 4) is 11.5 Å². The molecule has 0 radical (unpaired) electrons. The first-order valence-electron chi connectivity index (χ1n) is 9.25. The van der Waals surface area contributed by atoms with Crippen molar-refractivity contribution in [2.75, 3.05) is 27.4 Å². The third-order valence-corrected chi connectivity index (χ3v) is 4.74. The molecule has 1 aliphatic rings. The summed E-state index contributed by atoms with van der Waals surface area (Å²) in [5.41, 5.74) is 0.946. The number of aryl methyl sites for hydroxylation is 1. The smallest absolute Gasteiger partial charge is 0.306 e. The molecule has 0 saturated heterocycles. The molecule has 26 heavy (non-hydrogen) atoms. The van der Waals surface area contributed by atoms with Crippen LogP contribution in [0.3, 0.4) is 0 Å². The highest BCUT2D eigenvalue weighted by molar-refractivity contribution is 5.80. The highest BCUT2D eigenvalue weighted by Crippen LogP contribution is 2.28. The molecule has 1 aromatic carbocycles. The molecule has 0 aliphatic heterocycles. The summed E-state index contributed by atoms with van der Waals surface area (Å²) in [6.45, 7) is 0.472. The van der Waals surface area contributed by atoms with Crippen molar-refractivity contribution >= 4 is 11.9 Å². The molecule has 2 rings (SSSR count). The zero-order valence-electron chi connectivity index (χ0n) is 15.7. The fourth-order valence-corrected chi connectivity index (χ4v) is 3.20. The number of nitrogens with one attached hydrogen (secondary N) is 1. The Morgan fingerprint density at radius 3 is 2.50 bits per heavy atom. The van der Waals surface area contributed by atoms with Gasteiger partial charge in [0.15, 0.2) is 18.1 Å². The van der Waals surface area contributed by atoms with Crippen LogP contribution in [0.2, 0.25) is 0 Å². The lowest BCUT2D eigenvalue weighted by Crippen LogP contribution is -2.33. The first-order valence-corrected chi connectivity index (χ1v) is 9.25. The summed E-state index contributed by atoms with van der Waals surface area (Å²) in [4.78, 5) is 23.6. The number of benzene rings is 1. The molecule has 0 aromatic heterocycles. The van der Waals surface area contributed by atoms with E-state index in [1.807, 2.05) is 12.1 Å². The van der Waals surface area contributed by atoms with Crippen LogP contribution >= 0.6 is 0 Å². The molecule has 1 saturated carbocycles. The van der Waals surface area contributed by atoms with Gasteiger partial charge in [-0.05, 0) is 42.9 Å². The fourth-order valence-electron chi connectivity index (χ4n) is 3.20. The maximum atomic E-state index is 11.8. The Labute approximate surface area is 155 Å². The van der Waals surface area contributed by atoms with Crippen LogP contribution in [0, 0.1) is 5.92 Å². The Hall–Kier alpha value is -2.24. The van der Waals surface area contributed by atoms with Crippen molar-refractivity contribution in [2.45, 2.75) is 44.9 Å². The van der Waals surface area contributed by atoms with Gasteiger partial charge in [0.1, 0.15) is 0 Å². The zero-order chi connectivity index (χ0) is 18.8. The van der Waals surface area contributed by atoms with Crippen LogP contribution in [0.25, 0.3) is 0 Å². The number of carbonyl (C=O) groups excluding carboxylic acids is 2. The van der Waals surface area contributed by atoms with Crippen LogP contribution in [0.1, 0.15) is 44.1 Å². The number of hydrogen-bond donors (Lipinski definition) is 1. The molecule has 1 aromatic rings. The third-order valence-electron chi connectivity index (χ3n) is 4.74. The average Bonchev–Trinajstić information content (AvgIpc) is 2.69. The molecule has 1 aliphatic carbocycles. The Balaban J connectivity index is 1.66. The fraction of sp³-hybridized carbons (Fsp3) is 0.600. The van der Waals surface area contributed by atoms with Crippen LogP contribution in [0.4, 0.5) is 0 Å². The zero-order valence-corrected chi connectivity index (χ0v) is 15.7. The molecular formula is C20H29NO5. The molecular weight excluding hydrogens is 334 g/mol. The summed E-state index contributed by atoms with van der Waals surface area (Å²) >= 11 is 0. The van der Waals surface area contributed by atoms with Gasteiger partial charge >= 0.3 is 5.97 Å². The van der Waals surface area contributed by atoms with Gasteiger partial charge in [-0.25, -0.2) is 0 Å². The van der Waals surface area contributed by atoms with Crippen LogP contribution in [0.15, 0.2) is 18.2 Å². The third kappa shape index (κ3) is 6.58. The molecule has 1 N–H and O–H groups in total. The Kier molecular flexibility index (Phi) is 8.25. The van der Waals surface area contributed by atoms with Crippen molar-refractivity contribution < 1.29 is 23.8 Å². The number of esters is 1. The van der Waals surface area contributed by atoms with Gasteiger partial charge < -0.3 is 19.5 Å². The first kappa shape index (κ1) is 20.1. The summed E-state index contributed by atoms with van der Waals surface area (Å²) in [6.07, 6.45) is 6.85. The van der Waals surface area contributed by atoms with Gasteiger partial charge in [0.05, 0.1) is 14.2 Å². The second-order valence-electron chi connectivity index (χ2n) is 6.66. The van der Waals surface area contributed by atoms with Crippen molar-refractivity contribution in [2.24, 2.45) is 5.92 Å². The van der Waals surface area contributed by atoms with Crippen LogP contribution in [0.5, 0.6) is 11.5 Å². The second-order valence-corrected chi connectivity index (χ2v) is 6.66. The van der Waals surface area contributed by atoms with Gasteiger partial charge in [0, 0.05) is 13.0 Å². The Morgan fingerprint density at radius 2 is 1.81 bits per heavy atom. The summed E-state index contributed by atoms with van der Waals surface area (Å²) in [5, 5.41) is 2.86. The van der Waals surface area contributed by atoms with Crippen LogP contribution in [-0.2, 0) is 20.7 Å². The number of carbonyl (C=O) groups is 2. The minimum absolute atomic E-state index is 0.211. The van der Waals surface area contributed by atoms with Crippen LogP contribution < -0.4 is 14.8 Å². The van der Waals surface area contributed by atoms with E-state index in [4.69, 9.17) is 14.2 Å². The van der Waals surface area contributed by atoms with Gasteiger partial charge in [-0.15, -0.1) is 0 Å². The van der Waals surface area contributed by atoms with E-state index in [9.17, 15) is 9.59 Å². The largest absolute Gasteiger partial charge is 0.493 e. The molecule has 6 nitrogen and oxygen atoms in total. The van der Waals surface area contributed by atoms with Crippen molar-refractivity contribution in [3.63, 3.8) is 0 Å². The topological polar surface area (TPSA) is 73.9 Å². The standard InChI is InChI=1S/C20H29NO5/c1-24-17-10-8-15(12-18(17)25-2)9-11-20(23)26-14-19(22)21-13-16-6-4-3-5-7-16/h8,10,12,16H,3-7,9,11,13-14H2,1-2H3,(H,21,22). The predicted octanol–water partition coefficient (Wildman–Crippen LogP) is 2.88. The summed E-state index contributed by atoms with van der Waals surface area (Å²) < 4.78 is 15.5. The normalized spacial score (nSPS) is 14.5. The summed E-state index contributed by atoms with van der Waals surface area (Å²) in [5.74, 6) is 1.23. The molecule has 6 heteroatoms. The lowest BCUT2D eigenvalue weighted by Gasteiger charge is -2.21. The Bertz CT molecular complexity index is 596. The molecule has 0 bridgehead atoms. The SMILES string of the molecule is COc1ccc(CCC(=O)OCC(=O)NCC2CCCCC2)cc1OC. The average molecular weight is 363 g/mol. The number of methoxy groups -OCH3 is 2. The van der Waals surface area contributed by atoms with E-state index in [1.54, 1.807) is 20.3 Å². The lowest BCUT2D eigenvalue weighted by molar-refractivity contribution is -0.148. The molecule has 0 spiro atoms. The highest BCUT2D eigenvalue weighted by Gasteiger charge is 2.15. The maximum absolute atomic E-state index is 11.8. The summed E-state index contributed by atoms with van der Waals surface area (Å²) in [7, 11) is 3.15. The molecule has 1 fully saturated rings. The number of rotatable bonds is 9. The number of ether oxygens (including phenoxy) is 3. The van der Waals surface area contributed by atoms with Gasteiger partial charge in [0.25, 0.3) is 5.91 Å². The Morgan fingerprint density at radius 1 is 1.08 bits per heavy atom. The van der Waals surface area contributed by atoms with Crippen molar-refractivity contribution in [3.05, 3.63) is 23.8 Å². The van der Waals surface area contributed by atoms with Crippen molar-refractivity contribution in [1.82, 2.24) is 5.32 Å². The monoisotopic (exact) mass is 363 g/mol. The van der Waals surface area contributed by atoms with Gasteiger partial charge in [0.2, 0.25) is 0 Å². The molecule has 0 atom stereocenters. The van der Waals surface area contributed by atoms with E-state index < -0.39 is 0 Å². The molecule has 0 unspecified atom stereocenters. The molecule has 1 amide bonds. The predicted molar refractivity (Wildman–Crippen MR) is 98.4 cm³/mol. The molecule has 0 heterocycles. The quantitative estimate of drug-likeness (QED) is 0.683. The minimum atomic E-state index is -0.382. The van der Waals surface area contributed by atoms with Gasteiger partial charge in [-0.3, -0.25) is 9.59 Å². The van der Waals surface area contributed by atoms with E-state index in [0.29, 0.717) is 30.4 Å². The molecule has 144 valence electrons. The van der Waals surface area contributed by atoms with Gasteiger partial charge in [-0.2, -0.15) is 0 Å². The van der Waals surface area contributed by atoms with E-state index in [1.165, 1.54) is 32.1 Å². The van der Waals surface area contributed by atoms with E-state index >= 15 is 0 Å². The van der Waals surface area contributed by atoms with E-state index in [-0.39, 0.29) is 24.9 Å². The maximum Gasteiger partial charge on any atom is 0.306 e. The van der Waals surface area contributed by atoms with E-state index in [0.717, 1.165) is 5.56 Å². The van der Waals surface area contributed by atoms with Crippen molar-refractivity contribution in [1.29, 1.82) is 0 Å². The highest BCUT2D eigenvalue weighted by atomic mass is 16.5. The van der Waals surface area contributed by atoms with E-state index in [2.05, 4.69) is 5.32 Å². The van der Waals surface area contributed by atoms with Gasteiger partial charge in [-0.1, -0.05) is 25.3 Å². The second kappa shape index (κ2) is 10.7. The summed E-state index contributed by atoms with van der Waals surface area (Å²) in [6, 6.07) is 5.52. The number of hydrogen-bond acceptors (Lipinski definition) is 5.